The van der Waals surface area contributed by atoms with E-state index in [0.717, 1.165) is 36.4 Å². The molecule has 0 unspecified atom stereocenters. The summed E-state index contributed by atoms with van der Waals surface area (Å²) in [7, 11) is 1.42. The molecular formula is C14H19NO2S. The largest absolute Gasteiger partial charge is 0.465 e. The molecule has 98 valence electrons. The van der Waals surface area contributed by atoms with E-state index in [4.69, 9.17) is 4.74 Å². The SMILES string of the molecule is C=C(c1scc(C(=O)OC)c1C)C1CCNCC1. The predicted molar refractivity (Wildman–Crippen MR) is 75.0 cm³/mol. The minimum absolute atomic E-state index is 0.256. The molecule has 2 heterocycles. The van der Waals surface area contributed by atoms with Crippen molar-refractivity contribution >= 4 is 22.9 Å². The number of methoxy groups -OCH3 is 1. The molecule has 18 heavy (non-hydrogen) atoms. The van der Waals surface area contributed by atoms with E-state index < -0.39 is 0 Å². The van der Waals surface area contributed by atoms with Gasteiger partial charge in [-0.05, 0) is 49.9 Å². The molecule has 0 aromatic carbocycles. The van der Waals surface area contributed by atoms with Gasteiger partial charge < -0.3 is 10.1 Å². The first-order valence-electron chi connectivity index (χ1n) is 6.21. The smallest absolute Gasteiger partial charge is 0.338 e. The highest BCUT2D eigenvalue weighted by molar-refractivity contribution is 7.11. The van der Waals surface area contributed by atoms with Gasteiger partial charge in [0.25, 0.3) is 0 Å². The van der Waals surface area contributed by atoms with Crippen LogP contribution >= 0.6 is 11.3 Å². The molecule has 0 spiro atoms. The number of nitrogens with one attached hydrogen (secondary N) is 1. The zero-order chi connectivity index (χ0) is 13.1. The number of rotatable bonds is 3. The minimum Gasteiger partial charge on any atom is -0.465 e. The molecule has 0 radical (unpaired) electrons. The highest BCUT2D eigenvalue weighted by Crippen LogP contribution is 2.35. The highest BCUT2D eigenvalue weighted by atomic mass is 32.1. The number of piperidine rings is 1. The van der Waals surface area contributed by atoms with Gasteiger partial charge in [-0.15, -0.1) is 11.3 Å². The van der Waals surface area contributed by atoms with Gasteiger partial charge in [0, 0.05) is 10.3 Å². The maximum absolute atomic E-state index is 11.6. The number of ether oxygens (including phenoxy) is 1. The molecule has 1 saturated heterocycles. The third-order valence-electron chi connectivity index (χ3n) is 3.57. The van der Waals surface area contributed by atoms with E-state index in [0.29, 0.717) is 11.5 Å². The number of thiophene rings is 1. The molecule has 4 heteroatoms. The molecule has 1 aromatic heterocycles. The Labute approximate surface area is 112 Å². The first-order chi connectivity index (χ1) is 8.65. The standard InChI is InChI=1S/C14H19NO2S/c1-9(11-4-6-15-7-5-11)13-10(2)12(8-18-13)14(16)17-3/h8,11,15H,1,4-7H2,2-3H3. The summed E-state index contributed by atoms with van der Waals surface area (Å²) in [6.07, 6.45) is 2.26. The summed E-state index contributed by atoms with van der Waals surface area (Å²) in [5.74, 6) is 0.280. The molecule has 1 aliphatic heterocycles. The fourth-order valence-electron chi connectivity index (χ4n) is 2.40. The second-order valence-electron chi connectivity index (χ2n) is 4.64. The van der Waals surface area contributed by atoms with Crippen molar-refractivity contribution in [2.75, 3.05) is 20.2 Å². The summed E-state index contributed by atoms with van der Waals surface area (Å²) in [6.45, 7) is 8.32. The molecule has 3 nitrogen and oxygen atoms in total. The lowest BCUT2D eigenvalue weighted by molar-refractivity contribution is 0.0600. The van der Waals surface area contributed by atoms with Gasteiger partial charge in [-0.3, -0.25) is 0 Å². The van der Waals surface area contributed by atoms with Crippen molar-refractivity contribution in [1.82, 2.24) is 5.32 Å². The number of hydrogen-bond acceptors (Lipinski definition) is 4. The Morgan fingerprint density at radius 2 is 2.17 bits per heavy atom. The maximum Gasteiger partial charge on any atom is 0.338 e. The first-order valence-corrected chi connectivity index (χ1v) is 7.09. The van der Waals surface area contributed by atoms with E-state index in [-0.39, 0.29) is 5.97 Å². The van der Waals surface area contributed by atoms with E-state index in [9.17, 15) is 4.79 Å². The average molecular weight is 265 g/mol. The van der Waals surface area contributed by atoms with E-state index >= 15 is 0 Å². The molecule has 1 fully saturated rings. The van der Waals surface area contributed by atoms with Crippen LogP contribution in [0.1, 0.15) is 33.6 Å². The van der Waals surface area contributed by atoms with Crippen LogP contribution in [0.2, 0.25) is 0 Å². The Kier molecular flexibility index (Phi) is 4.19. The molecule has 0 bridgehead atoms. The van der Waals surface area contributed by atoms with E-state index in [1.54, 1.807) is 11.3 Å². The second-order valence-corrected chi connectivity index (χ2v) is 5.52. The van der Waals surface area contributed by atoms with Gasteiger partial charge in [-0.1, -0.05) is 6.58 Å². The lowest BCUT2D eigenvalue weighted by Crippen LogP contribution is -2.28. The Balaban J connectivity index is 2.20. The van der Waals surface area contributed by atoms with Gasteiger partial charge in [0.1, 0.15) is 0 Å². The number of esters is 1. The van der Waals surface area contributed by atoms with Gasteiger partial charge >= 0.3 is 5.97 Å². The molecular weight excluding hydrogens is 246 g/mol. The van der Waals surface area contributed by atoms with Gasteiger partial charge in [-0.2, -0.15) is 0 Å². The molecule has 0 saturated carbocycles. The fraction of sp³-hybridized carbons (Fsp3) is 0.500. The summed E-state index contributed by atoms with van der Waals surface area (Å²) >= 11 is 1.60. The molecule has 1 aliphatic rings. The van der Waals surface area contributed by atoms with Crippen molar-refractivity contribution in [2.24, 2.45) is 5.92 Å². The second kappa shape index (κ2) is 5.67. The quantitative estimate of drug-likeness (QED) is 0.854. The van der Waals surface area contributed by atoms with Crippen molar-refractivity contribution in [1.29, 1.82) is 0 Å². The highest BCUT2D eigenvalue weighted by Gasteiger charge is 2.22. The van der Waals surface area contributed by atoms with Crippen molar-refractivity contribution < 1.29 is 9.53 Å². The van der Waals surface area contributed by atoms with Crippen LogP contribution in [0, 0.1) is 12.8 Å². The Hall–Kier alpha value is -1.13. The number of allylic oxidation sites excluding steroid dienone is 1. The Morgan fingerprint density at radius 1 is 1.50 bits per heavy atom. The molecule has 0 atom stereocenters. The van der Waals surface area contributed by atoms with Gasteiger partial charge in [0.05, 0.1) is 12.7 Å². The molecule has 2 rings (SSSR count). The summed E-state index contributed by atoms with van der Waals surface area (Å²) in [6, 6.07) is 0. The van der Waals surface area contributed by atoms with Crippen LogP contribution in [0.15, 0.2) is 12.0 Å². The van der Waals surface area contributed by atoms with Gasteiger partial charge in [0.2, 0.25) is 0 Å². The van der Waals surface area contributed by atoms with Crippen LogP contribution in [0.3, 0.4) is 0 Å². The normalized spacial score (nSPS) is 16.6. The summed E-state index contributed by atoms with van der Waals surface area (Å²) in [5.41, 5.74) is 2.86. The van der Waals surface area contributed by atoms with E-state index in [2.05, 4.69) is 11.9 Å². The third-order valence-corrected chi connectivity index (χ3v) is 4.73. The first kappa shape index (κ1) is 13.3. The minimum atomic E-state index is -0.256. The summed E-state index contributed by atoms with van der Waals surface area (Å²) < 4.78 is 4.78. The van der Waals surface area contributed by atoms with Crippen molar-refractivity contribution in [3.05, 3.63) is 28.0 Å². The van der Waals surface area contributed by atoms with Crippen LogP contribution in [0.25, 0.3) is 5.57 Å². The van der Waals surface area contributed by atoms with Crippen LogP contribution < -0.4 is 5.32 Å². The summed E-state index contributed by atoms with van der Waals surface area (Å²) in [5, 5.41) is 5.23. The van der Waals surface area contributed by atoms with E-state index in [1.807, 2.05) is 12.3 Å². The lowest BCUT2D eigenvalue weighted by Gasteiger charge is -2.24. The third kappa shape index (κ3) is 2.49. The maximum atomic E-state index is 11.6. The van der Waals surface area contributed by atoms with E-state index in [1.165, 1.54) is 12.7 Å². The van der Waals surface area contributed by atoms with Gasteiger partial charge in [0.15, 0.2) is 0 Å². The number of carbonyl (C=O) groups is 1. The molecule has 0 aliphatic carbocycles. The van der Waals surface area contributed by atoms with Crippen molar-refractivity contribution in [3.63, 3.8) is 0 Å². The van der Waals surface area contributed by atoms with Gasteiger partial charge in [-0.25, -0.2) is 4.79 Å². The lowest BCUT2D eigenvalue weighted by atomic mass is 9.88. The Morgan fingerprint density at radius 3 is 2.78 bits per heavy atom. The number of carbonyl (C=O) groups excluding carboxylic acids is 1. The fourth-order valence-corrected chi connectivity index (χ4v) is 3.51. The van der Waals surface area contributed by atoms with Crippen LogP contribution in [-0.2, 0) is 4.74 Å². The van der Waals surface area contributed by atoms with Crippen molar-refractivity contribution in [2.45, 2.75) is 19.8 Å². The molecule has 0 amide bonds. The zero-order valence-electron chi connectivity index (χ0n) is 10.9. The van der Waals surface area contributed by atoms with Crippen LogP contribution in [-0.4, -0.2) is 26.2 Å². The molecule has 1 N–H and O–H groups in total. The average Bonchev–Trinajstić information content (AvgIpc) is 2.80. The van der Waals surface area contributed by atoms with Crippen molar-refractivity contribution in [3.8, 4) is 0 Å². The summed E-state index contributed by atoms with van der Waals surface area (Å²) in [4.78, 5) is 12.7. The Bertz CT molecular complexity index is 458. The van der Waals surface area contributed by atoms with Crippen LogP contribution in [0.4, 0.5) is 0 Å². The predicted octanol–water partition coefficient (Wildman–Crippen LogP) is 2.86. The zero-order valence-corrected chi connectivity index (χ0v) is 11.7. The molecule has 1 aromatic rings. The van der Waals surface area contributed by atoms with Crippen LogP contribution in [0.5, 0.6) is 0 Å². The topological polar surface area (TPSA) is 38.3 Å². The number of hydrogen-bond donors (Lipinski definition) is 1. The monoisotopic (exact) mass is 265 g/mol.